The SMILES string of the molecule is O=C(c1ccc2c(c1)OCO2)N1CCc2[nH]c3cc(Cl)ccc3c2C1. The summed E-state index contributed by atoms with van der Waals surface area (Å²) in [7, 11) is 0. The smallest absolute Gasteiger partial charge is 0.254 e. The zero-order chi connectivity index (χ0) is 17.0. The molecule has 5 nitrogen and oxygen atoms in total. The number of halogens is 1. The molecule has 6 heteroatoms. The summed E-state index contributed by atoms with van der Waals surface area (Å²) in [5.74, 6) is 1.32. The highest BCUT2D eigenvalue weighted by atomic mass is 35.5. The van der Waals surface area contributed by atoms with E-state index in [1.54, 1.807) is 18.2 Å². The third kappa shape index (κ3) is 2.35. The summed E-state index contributed by atoms with van der Waals surface area (Å²) < 4.78 is 10.7. The lowest BCUT2D eigenvalue weighted by molar-refractivity contribution is 0.0734. The number of aromatic nitrogens is 1. The van der Waals surface area contributed by atoms with Crippen LogP contribution >= 0.6 is 11.6 Å². The number of rotatable bonds is 1. The maximum absolute atomic E-state index is 12.9. The average Bonchev–Trinajstić information content (AvgIpc) is 3.23. The first kappa shape index (κ1) is 14.7. The monoisotopic (exact) mass is 354 g/mol. The minimum Gasteiger partial charge on any atom is -0.454 e. The average molecular weight is 355 g/mol. The van der Waals surface area contributed by atoms with Gasteiger partial charge in [0.2, 0.25) is 6.79 Å². The molecule has 0 bridgehead atoms. The molecule has 2 aliphatic rings. The number of carbonyl (C=O) groups excluding carboxylic acids is 1. The number of carbonyl (C=O) groups is 1. The predicted molar refractivity (Wildman–Crippen MR) is 94.3 cm³/mol. The van der Waals surface area contributed by atoms with Crippen molar-refractivity contribution in [2.75, 3.05) is 13.3 Å². The first-order chi connectivity index (χ1) is 12.2. The molecule has 126 valence electrons. The molecule has 0 saturated carbocycles. The Bertz CT molecular complexity index is 1010. The first-order valence-electron chi connectivity index (χ1n) is 8.17. The minimum absolute atomic E-state index is 0.00673. The van der Waals surface area contributed by atoms with Gasteiger partial charge in [-0.15, -0.1) is 0 Å². The van der Waals surface area contributed by atoms with Crippen LogP contribution in [0.2, 0.25) is 5.02 Å². The molecule has 0 fully saturated rings. The molecule has 5 rings (SSSR count). The van der Waals surface area contributed by atoms with Crippen molar-refractivity contribution in [1.82, 2.24) is 9.88 Å². The fourth-order valence-corrected chi connectivity index (χ4v) is 3.75. The van der Waals surface area contributed by atoms with Crippen molar-refractivity contribution in [2.45, 2.75) is 13.0 Å². The Morgan fingerprint density at radius 3 is 2.92 bits per heavy atom. The second-order valence-electron chi connectivity index (χ2n) is 6.32. The van der Waals surface area contributed by atoms with E-state index in [2.05, 4.69) is 4.98 Å². The predicted octanol–water partition coefficient (Wildman–Crippen LogP) is 3.75. The van der Waals surface area contributed by atoms with Gasteiger partial charge in [0.1, 0.15) is 0 Å². The third-order valence-corrected chi connectivity index (χ3v) is 5.08. The van der Waals surface area contributed by atoms with Gasteiger partial charge < -0.3 is 19.4 Å². The number of aromatic amines is 1. The number of H-pyrrole nitrogens is 1. The Hall–Kier alpha value is -2.66. The highest BCUT2D eigenvalue weighted by Crippen LogP contribution is 2.34. The maximum atomic E-state index is 12.9. The number of hydrogen-bond donors (Lipinski definition) is 1. The lowest BCUT2D eigenvalue weighted by atomic mass is 10.0. The van der Waals surface area contributed by atoms with Gasteiger partial charge in [-0.3, -0.25) is 4.79 Å². The number of ether oxygens (including phenoxy) is 2. The molecule has 0 aliphatic carbocycles. The van der Waals surface area contributed by atoms with E-state index in [-0.39, 0.29) is 12.7 Å². The summed E-state index contributed by atoms with van der Waals surface area (Å²) in [6.07, 6.45) is 0.803. The lowest BCUT2D eigenvalue weighted by Crippen LogP contribution is -2.35. The molecule has 0 spiro atoms. The molecule has 1 amide bonds. The fourth-order valence-electron chi connectivity index (χ4n) is 3.58. The van der Waals surface area contributed by atoms with E-state index in [0.29, 0.717) is 35.2 Å². The number of benzene rings is 2. The van der Waals surface area contributed by atoms with E-state index in [9.17, 15) is 4.79 Å². The largest absolute Gasteiger partial charge is 0.454 e. The Morgan fingerprint density at radius 2 is 2.00 bits per heavy atom. The van der Waals surface area contributed by atoms with Crippen molar-refractivity contribution >= 4 is 28.4 Å². The molecule has 2 aromatic carbocycles. The molecule has 2 aliphatic heterocycles. The van der Waals surface area contributed by atoms with Gasteiger partial charge in [0.25, 0.3) is 5.91 Å². The number of fused-ring (bicyclic) bond motifs is 4. The summed E-state index contributed by atoms with van der Waals surface area (Å²) >= 11 is 6.08. The number of nitrogens with zero attached hydrogens (tertiary/aromatic N) is 1. The van der Waals surface area contributed by atoms with Gasteiger partial charge in [-0.2, -0.15) is 0 Å². The van der Waals surface area contributed by atoms with E-state index in [1.807, 2.05) is 23.1 Å². The van der Waals surface area contributed by atoms with Crippen molar-refractivity contribution in [3.05, 3.63) is 58.2 Å². The van der Waals surface area contributed by atoms with Gasteiger partial charge in [0.15, 0.2) is 11.5 Å². The molecule has 3 aromatic rings. The quantitative estimate of drug-likeness (QED) is 0.724. The lowest BCUT2D eigenvalue weighted by Gasteiger charge is -2.27. The van der Waals surface area contributed by atoms with Gasteiger partial charge in [-0.05, 0) is 30.3 Å². The van der Waals surface area contributed by atoms with E-state index in [4.69, 9.17) is 21.1 Å². The topological polar surface area (TPSA) is 54.6 Å². The van der Waals surface area contributed by atoms with E-state index in [1.165, 1.54) is 11.3 Å². The Balaban J connectivity index is 1.47. The number of amides is 1. The van der Waals surface area contributed by atoms with Crippen molar-refractivity contribution in [2.24, 2.45) is 0 Å². The molecule has 1 aromatic heterocycles. The summed E-state index contributed by atoms with van der Waals surface area (Å²) in [5, 5.41) is 1.84. The van der Waals surface area contributed by atoms with Crippen LogP contribution in [-0.2, 0) is 13.0 Å². The van der Waals surface area contributed by atoms with Gasteiger partial charge >= 0.3 is 0 Å². The summed E-state index contributed by atoms with van der Waals surface area (Å²) in [6.45, 7) is 1.48. The van der Waals surface area contributed by atoms with Crippen LogP contribution in [-0.4, -0.2) is 29.1 Å². The summed E-state index contributed by atoms with van der Waals surface area (Å²) in [4.78, 5) is 18.2. The normalized spacial score (nSPS) is 15.5. The Morgan fingerprint density at radius 1 is 1.12 bits per heavy atom. The summed E-state index contributed by atoms with van der Waals surface area (Å²) in [5.41, 5.74) is 4.00. The maximum Gasteiger partial charge on any atom is 0.254 e. The standard InChI is InChI=1S/C19H15ClN2O3/c20-12-2-3-13-14-9-22(6-5-15(14)21-16(13)8-12)19(23)11-1-4-17-18(7-11)25-10-24-17/h1-4,7-8,21H,5-6,9-10H2. The molecular formula is C19H15ClN2O3. The number of hydrogen-bond acceptors (Lipinski definition) is 3. The van der Waals surface area contributed by atoms with Crippen molar-refractivity contribution in [1.29, 1.82) is 0 Å². The molecular weight excluding hydrogens is 340 g/mol. The van der Waals surface area contributed by atoms with Crippen LogP contribution in [0, 0.1) is 0 Å². The van der Waals surface area contributed by atoms with Crippen LogP contribution in [0.3, 0.4) is 0 Å². The highest BCUT2D eigenvalue weighted by molar-refractivity contribution is 6.31. The van der Waals surface area contributed by atoms with E-state index in [0.717, 1.165) is 17.3 Å². The van der Waals surface area contributed by atoms with Crippen molar-refractivity contribution in [3.8, 4) is 11.5 Å². The number of nitrogens with one attached hydrogen (secondary N) is 1. The molecule has 0 unspecified atom stereocenters. The second-order valence-corrected chi connectivity index (χ2v) is 6.75. The van der Waals surface area contributed by atoms with Crippen LogP contribution in [0.15, 0.2) is 36.4 Å². The van der Waals surface area contributed by atoms with Gasteiger partial charge in [0.05, 0.1) is 0 Å². The van der Waals surface area contributed by atoms with Crippen LogP contribution in [0.25, 0.3) is 10.9 Å². The Labute approximate surface area is 149 Å². The molecule has 25 heavy (non-hydrogen) atoms. The Kier molecular flexibility index (Phi) is 3.18. The highest BCUT2D eigenvalue weighted by Gasteiger charge is 2.26. The van der Waals surface area contributed by atoms with E-state index < -0.39 is 0 Å². The van der Waals surface area contributed by atoms with Crippen LogP contribution in [0.4, 0.5) is 0 Å². The van der Waals surface area contributed by atoms with Crippen molar-refractivity contribution < 1.29 is 14.3 Å². The van der Waals surface area contributed by atoms with Crippen molar-refractivity contribution in [3.63, 3.8) is 0 Å². The fraction of sp³-hybridized carbons (Fsp3) is 0.211. The van der Waals surface area contributed by atoms with Gasteiger partial charge in [-0.25, -0.2) is 0 Å². The third-order valence-electron chi connectivity index (χ3n) is 4.84. The molecule has 0 saturated heterocycles. The minimum atomic E-state index is 0.00673. The molecule has 0 radical (unpaired) electrons. The molecule has 3 heterocycles. The molecule has 1 N–H and O–H groups in total. The van der Waals surface area contributed by atoms with Crippen LogP contribution < -0.4 is 9.47 Å². The summed E-state index contributed by atoms with van der Waals surface area (Å²) in [6, 6.07) is 11.2. The van der Waals surface area contributed by atoms with Crippen LogP contribution in [0.1, 0.15) is 21.6 Å². The van der Waals surface area contributed by atoms with Gasteiger partial charge in [0, 0.05) is 52.3 Å². The zero-order valence-corrected chi connectivity index (χ0v) is 14.1. The first-order valence-corrected chi connectivity index (χ1v) is 8.55. The van der Waals surface area contributed by atoms with Gasteiger partial charge in [-0.1, -0.05) is 17.7 Å². The second kappa shape index (κ2) is 5.43. The molecule has 0 atom stereocenters. The van der Waals surface area contributed by atoms with Crippen LogP contribution in [0.5, 0.6) is 11.5 Å². The zero-order valence-electron chi connectivity index (χ0n) is 13.3. The van der Waals surface area contributed by atoms with E-state index >= 15 is 0 Å².